The van der Waals surface area contributed by atoms with Crippen LogP contribution in [0.1, 0.15) is 34.6 Å². The summed E-state index contributed by atoms with van der Waals surface area (Å²) >= 11 is 1.24. The number of benzene rings is 2. The fourth-order valence-corrected chi connectivity index (χ4v) is 5.20. The van der Waals surface area contributed by atoms with E-state index in [-0.39, 0.29) is 29.2 Å². The van der Waals surface area contributed by atoms with Crippen LogP contribution in [0.4, 0.5) is 0 Å². The van der Waals surface area contributed by atoms with E-state index in [1.165, 1.54) is 34.3 Å². The van der Waals surface area contributed by atoms with Crippen LogP contribution in [0.5, 0.6) is 5.75 Å². The smallest absolute Gasteiger partial charge is 0.379 e. The van der Waals surface area contributed by atoms with Crippen LogP contribution in [-0.2, 0) is 9.53 Å². The van der Waals surface area contributed by atoms with Gasteiger partial charge in [-0.1, -0.05) is 78.6 Å². The van der Waals surface area contributed by atoms with Gasteiger partial charge in [0.1, 0.15) is 12.4 Å². The number of hydrogen-bond acceptors (Lipinski definition) is 8. The summed E-state index contributed by atoms with van der Waals surface area (Å²) in [5, 5.41) is 0. The van der Waals surface area contributed by atoms with E-state index in [0.29, 0.717) is 20.6 Å². The first-order valence-corrected chi connectivity index (χ1v) is 13.2. The molecule has 0 saturated carbocycles. The molecule has 9 heteroatoms. The van der Waals surface area contributed by atoms with Gasteiger partial charge in [0.2, 0.25) is 5.76 Å². The summed E-state index contributed by atoms with van der Waals surface area (Å²) in [6, 6.07) is 18.6. The lowest BCUT2D eigenvalue weighted by atomic mass is 9.96. The van der Waals surface area contributed by atoms with Gasteiger partial charge in [0.15, 0.2) is 4.80 Å². The maximum Gasteiger partial charge on any atom is 0.379 e. The van der Waals surface area contributed by atoms with Crippen LogP contribution in [0.2, 0.25) is 0 Å². The van der Waals surface area contributed by atoms with E-state index in [0.717, 1.165) is 5.56 Å². The van der Waals surface area contributed by atoms with E-state index in [4.69, 9.17) is 13.9 Å². The van der Waals surface area contributed by atoms with Gasteiger partial charge in [0, 0.05) is 0 Å². The molecule has 0 saturated heterocycles. The molecule has 3 heterocycles. The number of carbonyl (C=O) groups is 2. The van der Waals surface area contributed by atoms with E-state index in [1.54, 1.807) is 43.3 Å². The first-order chi connectivity index (χ1) is 19.5. The molecule has 40 heavy (non-hydrogen) atoms. The minimum Gasteiger partial charge on any atom is -0.458 e. The van der Waals surface area contributed by atoms with Crippen molar-refractivity contribution in [1.29, 1.82) is 0 Å². The van der Waals surface area contributed by atoms with Gasteiger partial charge in [-0.3, -0.25) is 9.36 Å². The Morgan fingerprint density at radius 2 is 1.85 bits per heavy atom. The topological polar surface area (TPSA) is 100 Å². The minimum atomic E-state index is -0.802. The van der Waals surface area contributed by atoms with Crippen LogP contribution < -0.4 is 19.6 Å². The quantitative estimate of drug-likeness (QED) is 0.182. The molecule has 8 nitrogen and oxygen atoms in total. The Morgan fingerprint density at radius 1 is 1.07 bits per heavy atom. The number of nitrogens with zero attached hydrogens (tertiary/aromatic N) is 2. The zero-order chi connectivity index (χ0) is 28.1. The third-order valence-electron chi connectivity index (χ3n) is 6.04. The second kappa shape index (κ2) is 11.8. The van der Waals surface area contributed by atoms with E-state index in [1.807, 2.05) is 42.5 Å². The fraction of sp³-hybridized carbons (Fsp3) is 0.0968. The van der Waals surface area contributed by atoms with Gasteiger partial charge < -0.3 is 13.9 Å². The lowest BCUT2D eigenvalue weighted by Gasteiger charge is -2.24. The van der Waals surface area contributed by atoms with Crippen molar-refractivity contribution in [3.8, 4) is 5.75 Å². The SMILES string of the molecule is C=CCOC(=O)C1=C(C)N=c2s/c(=C\C=C\c3ccccc3)c(=O)n2[C@H]1c1ccc(OC(=O)c2ccco2)cc1. The molecule has 2 aromatic heterocycles. The fourth-order valence-electron chi connectivity index (χ4n) is 4.21. The number of hydrogen-bond donors (Lipinski definition) is 0. The number of furan rings is 1. The molecule has 5 rings (SSSR count). The standard InChI is InChI=1S/C31H24N2O6S/c1-3-18-38-30(36)26-20(2)32-31-33(28(34)25(40-31)13-7-11-21-9-5-4-6-10-21)27(26)22-14-16-23(17-15-22)39-29(35)24-12-8-19-37-24/h3-17,19,27H,1,18H2,2H3/b11-7+,25-13-/t27-/m0/s1. The molecule has 0 spiro atoms. The molecule has 0 amide bonds. The molecular weight excluding hydrogens is 528 g/mol. The molecule has 0 unspecified atom stereocenters. The van der Waals surface area contributed by atoms with Gasteiger partial charge in [0.05, 0.1) is 28.1 Å². The van der Waals surface area contributed by atoms with Crippen LogP contribution in [-0.4, -0.2) is 23.1 Å². The molecule has 1 atom stereocenters. The van der Waals surface area contributed by atoms with E-state index in [2.05, 4.69) is 11.6 Å². The molecule has 0 radical (unpaired) electrons. The summed E-state index contributed by atoms with van der Waals surface area (Å²) in [7, 11) is 0. The normalized spacial score (nSPS) is 15.0. The Hall–Kier alpha value is -5.02. The van der Waals surface area contributed by atoms with Crippen molar-refractivity contribution in [2.75, 3.05) is 6.61 Å². The first-order valence-electron chi connectivity index (χ1n) is 12.3. The monoisotopic (exact) mass is 552 g/mol. The number of carbonyl (C=O) groups excluding carboxylic acids is 2. The Bertz CT molecular complexity index is 1790. The molecule has 200 valence electrons. The average Bonchev–Trinajstić information content (AvgIpc) is 3.61. The summed E-state index contributed by atoms with van der Waals surface area (Å²) in [6.07, 6.45) is 8.31. The van der Waals surface area contributed by atoms with Crippen molar-refractivity contribution >= 4 is 35.4 Å². The minimum absolute atomic E-state index is 0.0126. The van der Waals surface area contributed by atoms with Crippen molar-refractivity contribution in [3.63, 3.8) is 0 Å². The summed E-state index contributed by atoms with van der Waals surface area (Å²) in [5.74, 6) is -0.889. The predicted molar refractivity (Wildman–Crippen MR) is 151 cm³/mol. The number of esters is 2. The second-order valence-electron chi connectivity index (χ2n) is 8.70. The Morgan fingerprint density at radius 3 is 2.55 bits per heavy atom. The highest BCUT2D eigenvalue weighted by atomic mass is 32.1. The van der Waals surface area contributed by atoms with Crippen molar-refractivity contribution in [3.05, 3.63) is 140 Å². The number of thiazole rings is 1. The Kier molecular flexibility index (Phi) is 7.84. The van der Waals surface area contributed by atoms with Gasteiger partial charge in [-0.25, -0.2) is 14.6 Å². The zero-order valence-electron chi connectivity index (χ0n) is 21.5. The highest BCUT2D eigenvalue weighted by Crippen LogP contribution is 2.31. The number of fused-ring (bicyclic) bond motifs is 1. The Balaban J connectivity index is 1.54. The summed E-state index contributed by atoms with van der Waals surface area (Å²) < 4.78 is 17.8. The van der Waals surface area contributed by atoms with Crippen LogP contribution in [0.25, 0.3) is 12.2 Å². The molecule has 1 aliphatic rings. The van der Waals surface area contributed by atoms with Crippen molar-refractivity contribution in [2.24, 2.45) is 4.99 Å². The maximum atomic E-state index is 13.6. The number of ether oxygens (including phenoxy) is 2. The van der Waals surface area contributed by atoms with Gasteiger partial charge in [-0.05, 0) is 48.4 Å². The van der Waals surface area contributed by atoms with Gasteiger partial charge in [0.25, 0.3) is 5.56 Å². The van der Waals surface area contributed by atoms with Gasteiger partial charge in [-0.2, -0.15) is 0 Å². The van der Waals surface area contributed by atoms with Crippen molar-refractivity contribution in [1.82, 2.24) is 4.57 Å². The number of allylic oxidation sites excluding steroid dienone is 2. The largest absolute Gasteiger partial charge is 0.458 e. The zero-order valence-corrected chi connectivity index (χ0v) is 22.3. The van der Waals surface area contributed by atoms with Crippen molar-refractivity contribution < 1.29 is 23.5 Å². The Labute approximate surface area is 233 Å². The van der Waals surface area contributed by atoms with Gasteiger partial charge >= 0.3 is 11.9 Å². The van der Waals surface area contributed by atoms with Gasteiger partial charge in [-0.15, -0.1) is 0 Å². The molecular formula is C31H24N2O6S. The van der Waals surface area contributed by atoms with E-state index < -0.39 is 18.0 Å². The lowest BCUT2D eigenvalue weighted by Crippen LogP contribution is -2.39. The van der Waals surface area contributed by atoms with Crippen LogP contribution in [0, 0.1) is 0 Å². The van der Waals surface area contributed by atoms with E-state index in [9.17, 15) is 14.4 Å². The van der Waals surface area contributed by atoms with Crippen molar-refractivity contribution in [2.45, 2.75) is 13.0 Å². The molecule has 0 fully saturated rings. The highest BCUT2D eigenvalue weighted by Gasteiger charge is 2.33. The third kappa shape index (κ3) is 5.55. The number of aromatic nitrogens is 1. The molecule has 0 aliphatic carbocycles. The first kappa shape index (κ1) is 26.6. The van der Waals surface area contributed by atoms with Crippen LogP contribution >= 0.6 is 11.3 Å². The molecule has 1 aliphatic heterocycles. The second-order valence-corrected chi connectivity index (χ2v) is 9.71. The predicted octanol–water partition coefficient (Wildman–Crippen LogP) is 4.44. The van der Waals surface area contributed by atoms with Crippen LogP contribution in [0.3, 0.4) is 0 Å². The molecule has 2 aromatic carbocycles. The molecule has 4 aromatic rings. The van der Waals surface area contributed by atoms with Crippen LogP contribution in [0.15, 0.2) is 117 Å². The lowest BCUT2D eigenvalue weighted by molar-refractivity contribution is -0.138. The summed E-state index contributed by atoms with van der Waals surface area (Å²) in [6.45, 7) is 5.32. The number of rotatable bonds is 8. The molecule has 0 bridgehead atoms. The average molecular weight is 553 g/mol. The molecule has 0 N–H and O–H groups in total. The summed E-state index contributed by atoms with van der Waals surface area (Å²) in [4.78, 5) is 44.1. The maximum absolute atomic E-state index is 13.6. The van der Waals surface area contributed by atoms with E-state index >= 15 is 0 Å². The highest BCUT2D eigenvalue weighted by molar-refractivity contribution is 7.07. The third-order valence-corrected chi connectivity index (χ3v) is 7.04. The summed E-state index contributed by atoms with van der Waals surface area (Å²) in [5.41, 5.74) is 2.01.